The van der Waals surface area contributed by atoms with Crippen LogP contribution in [-0.2, 0) is 6.54 Å². The van der Waals surface area contributed by atoms with Crippen LogP contribution in [0.5, 0.6) is 0 Å². The topological polar surface area (TPSA) is 138 Å². The van der Waals surface area contributed by atoms with Crippen molar-refractivity contribution in [2.75, 3.05) is 17.6 Å². The molecular weight excluding hydrogens is 264 g/mol. The largest absolute Gasteiger partial charge is 0.378 e. The first-order valence-corrected chi connectivity index (χ1v) is 6.00. The summed E-state index contributed by atoms with van der Waals surface area (Å²) in [6, 6.07) is 0. The Morgan fingerprint density at radius 2 is 2.10 bits per heavy atom. The van der Waals surface area contributed by atoms with Gasteiger partial charge in [0.2, 0.25) is 11.8 Å². The molecule has 0 bridgehead atoms. The number of unbranched alkanes of at least 4 members (excludes halogenated alkanes) is 1. The lowest BCUT2D eigenvalue weighted by Crippen LogP contribution is -2.09. The smallest absolute Gasteiger partial charge is 0.329 e. The molecule has 0 aliphatic rings. The lowest BCUT2D eigenvalue weighted by molar-refractivity contribution is -0.384. The molecule has 106 valence electrons. The van der Waals surface area contributed by atoms with E-state index in [1.807, 2.05) is 4.57 Å². The maximum absolute atomic E-state index is 10.6. The quantitative estimate of drug-likeness (QED) is 0.423. The van der Waals surface area contributed by atoms with Crippen LogP contribution in [0.1, 0.15) is 12.8 Å². The molecule has 10 heteroatoms. The number of anilines is 2. The summed E-state index contributed by atoms with van der Waals surface area (Å²) in [5, 5.41) is 20.9. The van der Waals surface area contributed by atoms with E-state index in [9.17, 15) is 10.1 Å². The lowest BCUT2D eigenvalue weighted by atomic mass is 10.3. The van der Waals surface area contributed by atoms with Crippen LogP contribution >= 0.6 is 0 Å². The highest BCUT2D eigenvalue weighted by Gasteiger charge is 2.13. The van der Waals surface area contributed by atoms with Gasteiger partial charge in [-0.2, -0.15) is 4.98 Å². The molecule has 0 unspecified atom stereocenters. The number of hydrogen-bond acceptors (Lipinski definition) is 8. The average Bonchev–Trinajstić information content (AvgIpc) is 2.91. The molecule has 0 aliphatic heterocycles. The number of aromatic nitrogens is 5. The molecule has 0 amide bonds. The van der Waals surface area contributed by atoms with Gasteiger partial charge in [0.05, 0.1) is 4.92 Å². The normalized spacial score (nSPS) is 10.4. The minimum Gasteiger partial charge on any atom is -0.378 e. The van der Waals surface area contributed by atoms with Crippen molar-refractivity contribution in [2.45, 2.75) is 19.4 Å². The Labute approximate surface area is 114 Å². The standard InChI is InChI=1S/C10H14N8O2/c11-9-8(18(19)20)5-13-10(16-9)12-3-1-2-4-17-6-14-15-7-17/h5-7H,1-4H2,(H3,11,12,13,16). The number of nitrogens with two attached hydrogens (primary N) is 1. The van der Waals surface area contributed by atoms with E-state index in [0.717, 1.165) is 25.6 Å². The fourth-order valence-corrected chi connectivity index (χ4v) is 1.57. The monoisotopic (exact) mass is 278 g/mol. The average molecular weight is 278 g/mol. The van der Waals surface area contributed by atoms with Crippen LogP contribution in [0, 0.1) is 10.1 Å². The Morgan fingerprint density at radius 3 is 2.75 bits per heavy atom. The second kappa shape index (κ2) is 6.41. The van der Waals surface area contributed by atoms with Gasteiger partial charge in [0, 0.05) is 13.1 Å². The molecule has 0 spiro atoms. The minimum atomic E-state index is -0.613. The third kappa shape index (κ3) is 3.60. The van der Waals surface area contributed by atoms with E-state index in [2.05, 4.69) is 25.5 Å². The van der Waals surface area contributed by atoms with E-state index in [4.69, 9.17) is 5.73 Å². The number of nitrogen functional groups attached to an aromatic ring is 1. The van der Waals surface area contributed by atoms with E-state index in [1.165, 1.54) is 0 Å². The Bertz CT molecular complexity index is 571. The van der Waals surface area contributed by atoms with Gasteiger partial charge >= 0.3 is 5.69 Å². The number of nitro groups is 1. The summed E-state index contributed by atoms with van der Waals surface area (Å²) in [4.78, 5) is 17.6. The van der Waals surface area contributed by atoms with Crippen LogP contribution in [0.3, 0.4) is 0 Å². The molecule has 0 atom stereocenters. The fraction of sp³-hybridized carbons (Fsp3) is 0.400. The first-order chi connectivity index (χ1) is 9.66. The SMILES string of the molecule is Nc1nc(NCCCCn2cnnc2)ncc1[N+](=O)[O-]. The second-order valence-electron chi connectivity index (χ2n) is 4.05. The van der Waals surface area contributed by atoms with Gasteiger partial charge < -0.3 is 15.6 Å². The number of nitrogens with one attached hydrogen (secondary N) is 1. The third-order valence-electron chi connectivity index (χ3n) is 2.59. The predicted molar refractivity (Wildman–Crippen MR) is 70.8 cm³/mol. The lowest BCUT2D eigenvalue weighted by Gasteiger charge is -2.05. The zero-order valence-electron chi connectivity index (χ0n) is 10.6. The van der Waals surface area contributed by atoms with Gasteiger partial charge in [-0.15, -0.1) is 10.2 Å². The molecule has 0 aliphatic carbocycles. The van der Waals surface area contributed by atoms with E-state index >= 15 is 0 Å². The maximum Gasteiger partial charge on any atom is 0.329 e. The summed E-state index contributed by atoms with van der Waals surface area (Å²) in [5.74, 6) is 0.148. The number of aryl methyl sites for hydroxylation is 1. The van der Waals surface area contributed by atoms with E-state index in [-0.39, 0.29) is 17.5 Å². The van der Waals surface area contributed by atoms with Gasteiger partial charge in [-0.05, 0) is 12.8 Å². The summed E-state index contributed by atoms with van der Waals surface area (Å²) >= 11 is 0. The molecule has 10 nitrogen and oxygen atoms in total. The van der Waals surface area contributed by atoms with Crippen molar-refractivity contribution in [1.29, 1.82) is 0 Å². The first-order valence-electron chi connectivity index (χ1n) is 6.00. The van der Waals surface area contributed by atoms with Crippen molar-refractivity contribution >= 4 is 17.5 Å². The Balaban J connectivity index is 1.74. The van der Waals surface area contributed by atoms with Gasteiger partial charge in [-0.1, -0.05) is 0 Å². The highest BCUT2D eigenvalue weighted by atomic mass is 16.6. The van der Waals surface area contributed by atoms with Crippen molar-refractivity contribution in [1.82, 2.24) is 24.7 Å². The molecule has 2 aromatic rings. The van der Waals surface area contributed by atoms with Crippen LogP contribution in [0.2, 0.25) is 0 Å². The predicted octanol–water partition coefficient (Wildman–Crippen LogP) is 0.451. The van der Waals surface area contributed by atoms with Crippen LogP contribution in [0.25, 0.3) is 0 Å². The first kappa shape index (κ1) is 13.6. The van der Waals surface area contributed by atoms with E-state index < -0.39 is 4.92 Å². The summed E-state index contributed by atoms with van der Waals surface area (Å²) in [6.07, 6.45) is 6.24. The third-order valence-corrected chi connectivity index (χ3v) is 2.59. The number of hydrogen-bond donors (Lipinski definition) is 2. The van der Waals surface area contributed by atoms with Crippen molar-refractivity contribution < 1.29 is 4.92 Å². The molecule has 0 radical (unpaired) electrons. The van der Waals surface area contributed by atoms with Crippen LogP contribution in [0.4, 0.5) is 17.5 Å². The zero-order valence-corrected chi connectivity index (χ0v) is 10.6. The molecule has 20 heavy (non-hydrogen) atoms. The van der Waals surface area contributed by atoms with Crippen molar-refractivity contribution in [3.63, 3.8) is 0 Å². The molecule has 0 saturated carbocycles. The summed E-state index contributed by atoms with van der Waals surface area (Å²) in [5.41, 5.74) is 5.18. The maximum atomic E-state index is 10.6. The fourth-order valence-electron chi connectivity index (χ4n) is 1.57. The Morgan fingerprint density at radius 1 is 1.35 bits per heavy atom. The highest BCUT2D eigenvalue weighted by Crippen LogP contribution is 2.17. The summed E-state index contributed by atoms with van der Waals surface area (Å²) in [6.45, 7) is 1.48. The summed E-state index contributed by atoms with van der Waals surface area (Å²) in [7, 11) is 0. The molecule has 2 aromatic heterocycles. The molecular formula is C10H14N8O2. The number of nitrogens with zero attached hydrogens (tertiary/aromatic N) is 6. The highest BCUT2D eigenvalue weighted by molar-refractivity contribution is 5.53. The van der Waals surface area contributed by atoms with Crippen molar-refractivity contribution in [2.24, 2.45) is 0 Å². The van der Waals surface area contributed by atoms with Crippen LogP contribution < -0.4 is 11.1 Å². The van der Waals surface area contributed by atoms with Crippen LogP contribution in [-0.4, -0.2) is 36.2 Å². The van der Waals surface area contributed by atoms with E-state index in [1.54, 1.807) is 12.7 Å². The van der Waals surface area contributed by atoms with Crippen LogP contribution in [0.15, 0.2) is 18.9 Å². The van der Waals surface area contributed by atoms with E-state index in [0.29, 0.717) is 6.54 Å². The zero-order chi connectivity index (χ0) is 14.4. The van der Waals surface area contributed by atoms with Crippen molar-refractivity contribution in [3.05, 3.63) is 29.0 Å². The molecule has 2 heterocycles. The molecule has 2 rings (SSSR count). The second-order valence-corrected chi connectivity index (χ2v) is 4.05. The molecule has 3 N–H and O–H groups in total. The van der Waals surface area contributed by atoms with Gasteiger partial charge in [0.25, 0.3) is 0 Å². The minimum absolute atomic E-state index is 0.142. The van der Waals surface area contributed by atoms with Gasteiger partial charge in [0.15, 0.2) is 0 Å². The van der Waals surface area contributed by atoms with Crippen molar-refractivity contribution in [3.8, 4) is 0 Å². The molecule has 0 fully saturated rings. The Kier molecular flexibility index (Phi) is 4.37. The molecule has 0 aromatic carbocycles. The molecule has 0 saturated heterocycles. The summed E-state index contributed by atoms with van der Waals surface area (Å²) < 4.78 is 1.89. The van der Waals surface area contributed by atoms with Gasteiger partial charge in [-0.3, -0.25) is 10.1 Å². The Hall–Kier alpha value is -2.78. The number of rotatable bonds is 7. The van der Waals surface area contributed by atoms with Gasteiger partial charge in [0.1, 0.15) is 18.9 Å². The van der Waals surface area contributed by atoms with Gasteiger partial charge in [-0.25, -0.2) is 4.98 Å².